The Morgan fingerprint density at radius 3 is 3.00 bits per heavy atom. The fourth-order valence-electron chi connectivity index (χ4n) is 1.43. The second-order valence-corrected chi connectivity index (χ2v) is 4.80. The van der Waals surface area contributed by atoms with E-state index in [0.29, 0.717) is 10.8 Å². The van der Waals surface area contributed by atoms with Gasteiger partial charge in [0.2, 0.25) is 0 Å². The molecule has 0 aliphatic heterocycles. The van der Waals surface area contributed by atoms with E-state index in [1.54, 1.807) is 0 Å². The average molecular weight is 301 g/mol. The van der Waals surface area contributed by atoms with Crippen molar-refractivity contribution in [1.29, 1.82) is 0 Å². The first-order valence-corrected chi connectivity index (χ1v) is 6.24. The van der Waals surface area contributed by atoms with Crippen LogP contribution in [-0.4, -0.2) is 15.2 Å². The van der Waals surface area contributed by atoms with Crippen LogP contribution >= 0.6 is 27.5 Å². The third-order valence-corrected chi connectivity index (χ3v) is 3.01. The standard InChI is InChI=1S/C11H11BrClN3/c1-2-3-10-14-11(16-15-10)8-6-7(12)4-5-9(8)13/h4-6H,2-3H2,1H3,(H,14,15,16). The largest absolute Gasteiger partial charge is 0.263 e. The lowest BCUT2D eigenvalue weighted by atomic mass is 10.2. The van der Waals surface area contributed by atoms with Crippen molar-refractivity contribution < 1.29 is 0 Å². The first-order valence-electron chi connectivity index (χ1n) is 5.07. The van der Waals surface area contributed by atoms with Crippen molar-refractivity contribution >= 4 is 27.5 Å². The van der Waals surface area contributed by atoms with Crippen LogP contribution in [-0.2, 0) is 6.42 Å². The lowest BCUT2D eigenvalue weighted by Gasteiger charge is -1.99. The molecule has 1 aromatic carbocycles. The summed E-state index contributed by atoms with van der Waals surface area (Å²) in [7, 11) is 0. The molecule has 16 heavy (non-hydrogen) atoms. The predicted molar refractivity (Wildman–Crippen MR) is 68.5 cm³/mol. The van der Waals surface area contributed by atoms with Crippen LogP contribution in [0.3, 0.4) is 0 Å². The van der Waals surface area contributed by atoms with Gasteiger partial charge in [0.05, 0.1) is 5.02 Å². The van der Waals surface area contributed by atoms with Gasteiger partial charge < -0.3 is 0 Å². The predicted octanol–water partition coefficient (Wildman–Crippen LogP) is 3.84. The molecule has 0 unspecified atom stereocenters. The molecule has 0 saturated carbocycles. The number of hydrogen-bond donors (Lipinski definition) is 1. The topological polar surface area (TPSA) is 41.6 Å². The zero-order chi connectivity index (χ0) is 11.5. The molecule has 0 fully saturated rings. The van der Waals surface area contributed by atoms with Crippen LogP contribution in [0.15, 0.2) is 22.7 Å². The highest BCUT2D eigenvalue weighted by Gasteiger charge is 2.09. The van der Waals surface area contributed by atoms with Gasteiger partial charge in [0.15, 0.2) is 5.82 Å². The molecule has 3 nitrogen and oxygen atoms in total. The van der Waals surface area contributed by atoms with Gasteiger partial charge in [0, 0.05) is 16.5 Å². The third kappa shape index (κ3) is 2.44. The molecule has 0 atom stereocenters. The zero-order valence-electron chi connectivity index (χ0n) is 8.80. The van der Waals surface area contributed by atoms with E-state index in [1.807, 2.05) is 18.2 Å². The maximum atomic E-state index is 6.10. The van der Waals surface area contributed by atoms with Gasteiger partial charge in [-0.3, -0.25) is 5.10 Å². The van der Waals surface area contributed by atoms with Crippen molar-refractivity contribution in [1.82, 2.24) is 15.2 Å². The Bertz CT molecular complexity index is 496. The van der Waals surface area contributed by atoms with E-state index in [2.05, 4.69) is 38.0 Å². The number of aromatic nitrogens is 3. The molecule has 0 bridgehead atoms. The Morgan fingerprint density at radius 1 is 1.44 bits per heavy atom. The van der Waals surface area contributed by atoms with Crippen LogP contribution in [0.4, 0.5) is 0 Å². The Kier molecular flexibility index (Phi) is 3.61. The number of H-pyrrole nitrogens is 1. The molecular weight excluding hydrogens is 289 g/mol. The summed E-state index contributed by atoms with van der Waals surface area (Å²) in [6.45, 7) is 2.11. The third-order valence-electron chi connectivity index (χ3n) is 2.19. The number of aryl methyl sites for hydroxylation is 1. The molecular formula is C11H11BrClN3. The van der Waals surface area contributed by atoms with Crippen LogP contribution in [0.25, 0.3) is 11.4 Å². The van der Waals surface area contributed by atoms with Crippen molar-refractivity contribution in [3.05, 3.63) is 33.5 Å². The monoisotopic (exact) mass is 299 g/mol. The molecule has 2 rings (SSSR count). The summed E-state index contributed by atoms with van der Waals surface area (Å²) >= 11 is 9.51. The van der Waals surface area contributed by atoms with E-state index in [1.165, 1.54) is 0 Å². The molecule has 1 heterocycles. The smallest absolute Gasteiger partial charge is 0.182 e. The van der Waals surface area contributed by atoms with E-state index in [-0.39, 0.29) is 0 Å². The van der Waals surface area contributed by atoms with Crippen LogP contribution in [0, 0.1) is 0 Å². The van der Waals surface area contributed by atoms with Gasteiger partial charge in [-0.2, -0.15) is 5.10 Å². The quantitative estimate of drug-likeness (QED) is 0.935. The van der Waals surface area contributed by atoms with Crippen molar-refractivity contribution in [3.8, 4) is 11.4 Å². The molecule has 84 valence electrons. The van der Waals surface area contributed by atoms with Crippen LogP contribution in [0.5, 0.6) is 0 Å². The molecule has 5 heteroatoms. The van der Waals surface area contributed by atoms with E-state index in [4.69, 9.17) is 11.6 Å². The number of nitrogens with one attached hydrogen (secondary N) is 1. The maximum absolute atomic E-state index is 6.10. The van der Waals surface area contributed by atoms with Gasteiger partial charge >= 0.3 is 0 Å². The molecule has 1 aromatic heterocycles. The summed E-state index contributed by atoms with van der Waals surface area (Å²) in [6.07, 6.45) is 1.94. The fraction of sp³-hybridized carbons (Fsp3) is 0.273. The minimum absolute atomic E-state index is 0.648. The van der Waals surface area contributed by atoms with Crippen molar-refractivity contribution in [2.45, 2.75) is 19.8 Å². The second kappa shape index (κ2) is 4.97. The molecule has 0 saturated heterocycles. The van der Waals surface area contributed by atoms with Crippen LogP contribution in [0.1, 0.15) is 19.2 Å². The van der Waals surface area contributed by atoms with Gasteiger partial charge in [0.25, 0.3) is 0 Å². The van der Waals surface area contributed by atoms with Crippen molar-refractivity contribution in [2.75, 3.05) is 0 Å². The molecule has 0 amide bonds. The number of hydrogen-bond acceptors (Lipinski definition) is 2. The molecule has 1 N–H and O–H groups in total. The minimum Gasteiger partial charge on any atom is -0.263 e. The van der Waals surface area contributed by atoms with Crippen molar-refractivity contribution in [3.63, 3.8) is 0 Å². The highest BCUT2D eigenvalue weighted by Crippen LogP contribution is 2.28. The maximum Gasteiger partial charge on any atom is 0.182 e. The number of nitrogens with zero attached hydrogens (tertiary/aromatic N) is 2. The van der Waals surface area contributed by atoms with Gasteiger partial charge in [-0.1, -0.05) is 34.5 Å². The zero-order valence-corrected chi connectivity index (χ0v) is 11.1. The summed E-state index contributed by atoms with van der Waals surface area (Å²) in [5.74, 6) is 1.54. The molecule has 0 spiro atoms. The summed E-state index contributed by atoms with van der Waals surface area (Å²) in [6, 6.07) is 5.64. The van der Waals surface area contributed by atoms with Crippen LogP contribution < -0.4 is 0 Å². The first-order chi connectivity index (χ1) is 7.70. The highest BCUT2D eigenvalue weighted by molar-refractivity contribution is 9.10. The average Bonchev–Trinajstić information content (AvgIpc) is 2.71. The highest BCUT2D eigenvalue weighted by atomic mass is 79.9. The van der Waals surface area contributed by atoms with Gasteiger partial charge in [0.1, 0.15) is 5.82 Å². The second-order valence-electron chi connectivity index (χ2n) is 3.48. The van der Waals surface area contributed by atoms with E-state index >= 15 is 0 Å². The lowest BCUT2D eigenvalue weighted by Crippen LogP contribution is -1.86. The molecule has 0 aliphatic carbocycles. The summed E-state index contributed by atoms with van der Waals surface area (Å²) in [5.41, 5.74) is 0.842. The fourth-order valence-corrected chi connectivity index (χ4v) is 2.00. The molecule has 2 aromatic rings. The van der Waals surface area contributed by atoms with Gasteiger partial charge in [-0.05, 0) is 24.6 Å². The van der Waals surface area contributed by atoms with E-state index in [9.17, 15) is 0 Å². The summed E-state index contributed by atoms with van der Waals surface area (Å²) in [4.78, 5) is 4.40. The van der Waals surface area contributed by atoms with Gasteiger partial charge in [-0.25, -0.2) is 4.98 Å². The summed E-state index contributed by atoms with van der Waals surface area (Å²) < 4.78 is 0.966. The normalized spacial score (nSPS) is 10.7. The Hall–Kier alpha value is -0.870. The Labute approximate surface area is 107 Å². The minimum atomic E-state index is 0.648. The molecule has 0 radical (unpaired) electrons. The van der Waals surface area contributed by atoms with Crippen molar-refractivity contribution in [2.24, 2.45) is 0 Å². The summed E-state index contributed by atoms with van der Waals surface area (Å²) in [5, 5.41) is 7.74. The number of aromatic amines is 1. The Balaban J connectivity index is 2.38. The van der Waals surface area contributed by atoms with Gasteiger partial charge in [-0.15, -0.1) is 0 Å². The number of benzene rings is 1. The first kappa shape index (κ1) is 11.6. The SMILES string of the molecule is CCCc1nc(-c2cc(Br)ccc2Cl)n[nH]1. The van der Waals surface area contributed by atoms with E-state index in [0.717, 1.165) is 28.7 Å². The van der Waals surface area contributed by atoms with E-state index < -0.39 is 0 Å². The lowest BCUT2D eigenvalue weighted by molar-refractivity contribution is 0.841. The number of rotatable bonds is 3. The number of halogens is 2. The Morgan fingerprint density at radius 2 is 2.25 bits per heavy atom. The van der Waals surface area contributed by atoms with Crippen LogP contribution in [0.2, 0.25) is 5.02 Å². The molecule has 0 aliphatic rings.